The molecule has 0 aromatic heterocycles. The number of hydrogen-bond acceptors (Lipinski definition) is 4. The number of carbonyl (C=O) groups is 1. The predicted molar refractivity (Wildman–Crippen MR) is 72.3 cm³/mol. The summed E-state index contributed by atoms with van der Waals surface area (Å²) in [4.78, 5) is 14.3. The van der Waals surface area contributed by atoms with E-state index in [9.17, 15) is 4.79 Å². The van der Waals surface area contributed by atoms with E-state index in [1.807, 2.05) is 6.92 Å². The summed E-state index contributed by atoms with van der Waals surface area (Å²) in [5.74, 6) is 0.139. The lowest BCUT2D eigenvalue weighted by Crippen LogP contribution is -2.42. The van der Waals surface area contributed by atoms with Crippen molar-refractivity contribution in [2.45, 2.75) is 32.2 Å². The number of ether oxygens (including phenoxy) is 1. The Balaban J connectivity index is 2.58. The van der Waals surface area contributed by atoms with Crippen molar-refractivity contribution < 1.29 is 9.53 Å². The summed E-state index contributed by atoms with van der Waals surface area (Å²) in [6.45, 7) is 5.23. The molecule has 1 aliphatic rings. The largest absolute Gasteiger partial charge is 0.383 e. The topological polar surface area (TPSA) is 67.6 Å². The summed E-state index contributed by atoms with van der Waals surface area (Å²) in [6.07, 6.45) is 2.95. The van der Waals surface area contributed by atoms with Crippen LogP contribution in [0, 0.1) is 5.41 Å². The second kappa shape index (κ2) is 7.07. The molecule has 1 saturated heterocycles. The molecule has 1 fully saturated rings. The lowest BCUT2D eigenvalue weighted by atomic mass is 9.89. The van der Waals surface area contributed by atoms with Gasteiger partial charge in [0, 0.05) is 26.7 Å². The van der Waals surface area contributed by atoms with Crippen LogP contribution < -0.4 is 11.1 Å². The molecule has 0 saturated carbocycles. The molecule has 5 heteroatoms. The van der Waals surface area contributed by atoms with Gasteiger partial charge in [0.15, 0.2) is 0 Å². The van der Waals surface area contributed by atoms with E-state index < -0.39 is 0 Å². The third-order valence-electron chi connectivity index (χ3n) is 3.90. The number of likely N-dealkylation sites (tertiary alicyclic amines) is 1. The fourth-order valence-electron chi connectivity index (χ4n) is 2.71. The number of nitrogens with zero attached hydrogens (tertiary/aromatic N) is 1. The second-order valence-corrected chi connectivity index (χ2v) is 5.40. The quantitative estimate of drug-likeness (QED) is 0.683. The van der Waals surface area contributed by atoms with Gasteiger partial charge in [0.25, 0.3) is 0 Å². The van der Waals surface area contributed by atoms with Gasteiger partial charge in [-0.25, -0.2) is 0 Å². The minimum absolute atomic E-state index is 0.139. The van der Waals surface area contributed by atoms with E-state index in [1.54, 1.807) is 14.2 Å². The van der Waals surface area contributed by atoms with Crippen LogP contribution in [0.1, 0.15) is 26.2 Å². The monoisotopic (exact) mass is 257 g/mol. The van der Waals surface area contributed by atoms with Crippen molar-refractivity contribution in [2.75, 3.05) is 40.4 Å². The van der Waals surface area contributed by atoms with Crippen LogP contribution in [0.25, 0.3) is 0 Å². The Kier molecular flexibility index (Phi) is 6.05. The van der Waals surface area contributed by atoms with Crippen LogP contribution in [-0.4, -0.2) is 57.2 Å². The van der Waals surface area contributed by atoms with Crippen LogP contribution in [0.15, 0.2) is 0 Å². The molecule has 2 unspecified atom stereocenters. The molecule has 0 bridgehead atoms. The molecule has 106 valence electrons. The lowest BCUT2D eigenvalue weighted by Gasteiger charge is -2.29. The number of hydrogen-bond donors (Lipinski definition) is 2. The van der Waals surface area contributed by atoms with Gasteiger partial charge in [-0.15, -0.1) is 0 Å². The first-order valence-electron chi connectivity index (χ1n) is 6.72. The van der Waals surface area contributed by atoms with E-state index in [0.717, 1.165) is 32.4 Å². The van der Waals surface area contributed by atoms with Crippen molar-refractivity contribution in [1.82, 2.24) is 10.2 Å². The highest BCUT2D eigenvalue weighted by Crippen LogP contribution is 2.32. The Morgan fingerprint density at radius 1 is 1.61 bits per heavy atom. The zero-order valence-electron chi connectivity index (χ0n) is 11.9. The van der Waals surface area contributed by atoms with Crippen molar-refractivity contribution in [3.05, 3.63) is 0 Å². The standard InChI is InChI=1S/C13H27N3O2/c1-13(12(17)15-2)6-8-16(10-13)11(9-18-3)5-4-7-14/h11H,4-10,14H2,1-3H3,(H,15,17). The minimum atomic E-state index is -0.260. The molecule has 0 aliphatic carbocycles. The number of rotatable bonds is 7. The van der Waals surface area contributed by atoms with Gasteiger partial charge in [0.2, 0.25) is 5.91 Å². The first kappa shape index (κ1) is 15.4. The number of nitrogens with two attached hydrogens (primary N) is 1. The van der Waals surface area contributed by atoms with Crippen molar-refractivity contribution in [2.24, 2.45) is 11.1 Å². The Morgan fingerprint density at radius 3 is 2.89 bits per heavy atom. The highest BCUT2D eigenvalue weighted by Gasteiger charge is 2.41. The number of carbonyl (C=O) groups excluding carboxylic acids is 1. The zero-order chi connectivity index (χ0) is 13.6. The summed E-state index contributed by atoms with van der Waals surface area (Å²) < 4.78 is 5.29. The van der Waals surface area contributed by atoms with E-state index in [0.29, 0.717) is 19.2 Å². The molecule has 1 amide bonds. The summed E-state index contributed by atoms with van der Waals surface area (Å²) in [6, 6.07) is 0.380. The molecule has 0 aromatic rings. The molecule has 1 rings (SSSR count). The third-order valence-corrected chi connectivity index (χ3v) is 3.90. The molecule has 1 heterocycles. The summed E-state index contributed by atoms with van der Waals surface area (Å²) in [5, 5.41) is 2.77. The van der Waals surface area contributed by atoms with Gasteiger partial charge in [0.1, 0.15) is 0 Å². The van der Waals surface area contributed by atoms with Crippen LogP contribution in [0.5, 0.6) is 0 Å². The van der Waals surface area contributed by atoms with Gasteiger partial charge >= 0.3 is 0 Å². The molecule has 0 aromatic carbocycles. The number of nitrogens with one attached hydrogen (secondary N) is 1. The van der Waals surface area contributed by atoms with E-state index in [1.165, 1.54) is 0 Å². The van der Waals surface area contributed by atoms with Crippen LogP contribution in [-0.2, 0) is 9.53 Å². The first-order valence-corrected chi connectivity index (χ1v) is 6.72. The maximum atomic E-state index is 11.9. The molecule has 3 N–H and O–H groups in total. The highest BCUT2D eigenvalue weighted by molar-refractivity contribution is 5.82. The van der Waals surface area contributed by atoms with Crippen LogP contribution >= 0.6 is 0 Å². The van der Waals surface area contributed by atoms with E-state index in [-0.39, 0.29) is 11.3 Å². The second-order valence-electron chi connectivity index (χ2n) is 5.40. The van der Waals surface area contributed by atoms with Crippen molar-refractivity contribution in [1.29, 1.82) is 0 Å². The normalized spacial score (nSPS) is 26.2. The molecule has 5 nitrogen and oxygen atoms in total. The fourth-order valence-corrected chi connectivity index (χ4v) is 2.71. The maximum absolute atomic E-state index is 11.9. The molecule has 18 heavy (non-hydrogen) atoms. The Hall–Kier alpha value is -0.650. The number of amides is 1. The smallest absolute Gasteiger partial charge is 0.227 e. The van der Waals surface area contributed by atoms with Crippen molar-refractivity contribution in [3.8, 4) is 0 Å². The first-order chi connectivity index (χ1) is 8.57. The molecule has 2 atom stereocenters. The van der Waals surface area contributed by atoms with Crippen molar-refractivity contribution in [3.63, 3.8) is 0 Å². The Bertz CT molecular complexity index is 273. The predicted octanol–water partition coefficient (Wildman–Crippen LogP) is 0.198. The van der Waals surface area contributed by atoms with E-state index in [2.05, 4.69) is 10.2 Å². The van der Waals surface area contributed by atoms with Crippen molar-refractivity contribution >= 4 is 5.91 Å². The molecule has 1 aliphatic heterocycles. The van der Waals surface area contributed by atoms with Gasteiger partial charge in [0.05, 0.1) is 12.0 Å². The van der Waals surface area contributed by atoms with Gasteiger partial charge in [-0.1, -0.05) is 0 Å². The zero-order valence-corrected chi connectivity index (χ0v) is 11.9. The lowest BCUT2D eigenvalue weighted by molar-refractivity contribution is -0.129. The van der Waals surface area contributed by atoms with Gasteiger partial charge in [-0.2, -0.15) is 0 Å². The van der Waals surface area contributed by atoms with Crippen LogP contribution in [0.3, 0.4) is 0 Å². The fraction of sp³-hybridized carbons (Fsp3) is 0.923. The summed E-state index contributed by atoms with van der Waals surface area (Å²) >= 11 is 0. The van der Waals surface area contributed by atoms with Gasteiger partial charge < -0.3 is 15.8 Å². The van der Waals surface area contributed by atoms with Gasteiger partial charge in [-0.05, 0) is 39.3 Å². The average molecular weight is 257 g/mol. The van der Waals surface area contributed by atoms with Crippen LogP contribution in [0.2, 0.25) is 0 Å². The molecule has 0 spiro atoms. The SMILES string of the molecule is CNC(=O)C1(C)CCN(C(CCCN)COC)C1. The molecule has 0 radical (unpaired) electrons. The summed E-state index contributed by atoms with van der Waals surface area (Å²) in [5.41, 5.74) is 5.31. The summed E-state index contributed by atoms with van der Waals surface area (Å²) in [7, 11) is 3.43. The van der Waals surface area contributed by atoms with E-state index in [4.69, 9.17) is 10.5 Å². The molecular formula is C13H27N3O2. The van der Waals surface area contributed by atoms with E-state index >= 15 is 0 Å². The highest BCUT2D eigenvalue weighted by atomic mass is 16.5. The Morgan fingerprint density at radius 2 is 2.33 bits per heavy atom. The van der Waals surface area contributed by atoms with Crippen LogP contribution in [0.4, 0.5) is 0 Å². The maximum Gasteiger partial charge on any atom is 0.227 e. The van der Waals surface area contributed by atoms with Gasteiger partial charge in [-0.3, -0.25) is 9.69 Å². The average Bonchev–Trinajstić information content (AvgIpc) is 2.77. The number of methoxy groups -OCH3 is 1. The Labute approximate surface area is 110 Å². The minimum Gasteiger partial charge on any atom is -0.383 e. The third kappa shape index (κ3) is 3.67. The molecular weight excluding hydrogens is 230 g/mol.